The molecule has 0 saturated carbocycles. The van der Waals surface area contributed by atoms with Gasteiger partial charge in [-0.1, -0.05) is 57.5 Å². The minimum absolute atomic E-state index is 0.0527. The minimum Gasteiger partial charge on any atom is -0.361 e. The van der Waals surface area contributed by atoms with Crippen molar-refractivity contribution >= 4 is 22.7 Å². The summed E-state index contributed by atoms with van der Waals surface area (Å²) in [5.41, 5.74) is 7.42. The highest BCUT2D eigenvalue weighted by Crippen LogP contribution is 2.24. The second-order valence-electron chi connectivity index (χ2n) is 12.9. The van der Waals surface area contributed by atoms with Crippen LogP contribution < -0.4 is 5.32 Å². The van der Waals surface area contributed by atoms with Crippen molar-refractivity contribution in [1.29, 1.82) is 0 Å². The maximum atomic E-state index is 14.1. The molecule has 3 aromatic rings. The van der Waals surface area contributed by atoms with Gasteiger partial charge in [0.15, 0.2) is 0 Å². The van der Waals surface area contributed by atoms with Crippen molar-refractivity contribution < 1.29 is 9.59 Å². The molecule has 1 atom stereocenters. The second-order valence-corrected chi connectivity index (χ2v) is 12.9. The van der Waals surface area contributed by atoms with Crippen LogP contribution in [-0.4, -0.2) is 83.4 Å². The van der Waals surface area contributed by atoms with Crippen molar-refractivity contribution in [2.45, 2.75) is 97.2 Å². The quantitative estimate of drug-likeness (QED) is 0.289. The molecule has 2 fully saturated rings. The molecule has 2 aromatic carbocycles. The van der Waals surface area contributed by atoms with Crippen LogP contribution in [0, 0.1) is 0 Å². The molecule has 44 heavy (non-hydrogen) atoms. The van der Waals surface area contributed by atoms with Gasteiger partial charge in [0, 0.05) is 56.2 Å². The first-order valence-electron chi connectivity index (χ1n) is 17.1. The van der Waals surface area contributed by atoms with Crippen molar-refractivity contribution in [2.75, 3.05) is 39.8 Å². The van der Waals surface area contributed by atoms with Gasteiger partial charge >= 0.3 is 0 Å². The van der Waals surface area contributed by atoms with Gasteiger partial charge in [-0.25, -0.2) is 0 Å². The lowest BCUT2D eigenvalue weighted by Crippen LogP contribution is -2.52. The smallest absolute Gasteiger partial charge is 0.245 e. The van der Waals surface area contributed by atoms with E-state index in [2.05, 4.69) is 59.1 Å². The number of rotatable bonds is 12. The van der Waals surface area contributed by atoms with Crippen LogP contribution in [0.4, 0.5) is 0 Å². The fraction of sp³-hybridized carbons (Fsp3) is 0.568. The summed E-state index contributed by atoms with van der Waals surface area (Å²) in [5, 5.41) is 4.27. The number of benzene rings is 2. The Morgan fingerprint density at radius 3 is 2.27 bits per heavy atom. The zero-order valence-electron chi connectivity index (χ0n) is 27.5. The minimum atomic E-state index is -0.635. The zero-order chi connectivity index (χ0) is 31.1. The third kappa shape index (κ3) is 7.73. The van der Waals surface area contributed by atoms with Crippen LogP contribution in [0.15, 0.2) is 42.6 Å². The molecular weight excluding hydrogens is 546 g/mol. The van der Waals surface area contributed by atoms with E-state index in [0.29, 0.717) is 25.6 Å². The maximum Gasteiger partial charge on any atom is 0.245 e. The highest BCUT2D eigenvalue weighted by Gasteiger charge is 2.29. The Kier molecular flexibility index (Phi) is 11.2. The van der Waals surface area contributed by atoms with Gasteiger partial charge in [0.1, 0.15) is 6.04 Å². The second kappa shape index (κ2) is 15.2. The topological polar surface area (TPSA) is 71.7 Å². The van der Waals surface area contributed by atoms with Gasteiger partial charge in [0.25, 0.3) is 0 Å². The van der Waals surface area contributed by atoms with Gasteiger partial charge in [0.2, 0.25) is 11.8 Å². The van der Waals surface area contributed by atoms with E-state index in [0.717, 1.165) is 67.2 Å². The number of likely N-dealkylation sites (tertiary alicyclic amines) is 2. The number of likely N-dealkylation sites (N-methyl/N-ethyl adjacent to an activating group) is 1. The lowest BCUT2D eigenvalue weighted by molar-refractivity contribution is -0.136. The first-order valence-corrected chi connectivity index (χ1v) is 17.1. The number of hydrogen-bond acceptors (Lipinski definition) is 4. The van der Waals surface area contributed by atoms with Crippen molar-refractivity contribution in [3.8, 4) is 0 Å². The van der Waals surface area contributed by atoms with Crippen LogP contribution in [0.25, 0.3) is 10.9 Å². The Bertz CT molecular complexity index is 1370. The van der Waals surface area contributed by atoms with Gasteiger partial charge < -0.3 is 20.1 Å². The monoisotopic (exact) mass is 599 g/mol. The highest BCUT2D eigenvalue weighted by molar-refractivity contribution is 5.90. The summed E-state index contributed by atoms with van der Waals surface area (Å²) >= 11 is 0. The summed E-state index contributed by atoms with van der Waals surface area (Å²) in [6.07, 6.45) is 11.6. The fourth-order valence-corrected chi connectivity index (χ4v) is 7.55. The van der Waals surface area contributed by atoms with Crippen molar-refractivity contribution in [2.24, 2.45) is 0 Å². The van der Waals surface area contributed by atoms with Gasteiger partial charge in [-0.05, 0) is 91.9 Å². The number of aromatic amines is 1. The van der Waals surface area contributed by atoms with Crippen molar-refractivity contribution in [3.63, 3.8) is 0 Å². The molecule has 0 spiro atoms. The number of amides is 2. The largest absolute Gasteiger partial charge is 0.361 e. The standard InChI is InChI=1S/C37H53N5O2/c1-5-28-21-27(22-29(6-2)32(28)7-3)25-40(4)37(44)35(23-30-24-38-34-14-10-9-13-33(30)34)39-36(43)26-41-19-15-31(16-20-41)42-17-11-8-12-18-42/h9-10,13-14,21-22,24,31,35,38H,5-8,11-12,15-20,23,25-26H2,1-4H3,(H,39,43). The Hall–Kier alpha value is -3.16. The van der Waals surface area contributed by atoms with E-state index in [1.165, 1.54) is 49.0 Å². The fourth-order valence-electron chi connectivity index (χ4n) is 7.55. The molecule has 1 unspecified atom stereocenters. The number of aromatic nitrogens is 1. The summed E-state index contributed by atoms with van der Waals surface area (Å²) < 4.78 is 0. The Balaban J connectivity index is 1.27. The first-order chi connectivity index (χ1) is 21.4. The van der Waals surface area contributed by atoms with E-state index < -0.39 is 6.04 Å². The molecular formula is C37H53N5O2. The molecule has 1 aromatic heterocycles. The summed E-state index contributed by atoms with van der Waals surface area (Å²) in [4.78, 5) is 37.6. The number of piperidine rings is 2. The third-order valence-electron chi connectivity index (χ3n) is 9.97. The average Bonchev–Trinajstić information content (AvgIpc) is 3.46. The number of para-hydroxylation sites is 1. The molecule has 2 saturated heterocycles. The average molecular weight is 600 g/mol. The molecule has 3 heterocycles. The summed E-state index contributed by atoms with van der Waals surface area (Å²) in [5.74, 6) is -0.120. The molecule has 0 radical (unpaired) electrons. The number of carbonyl (C=O) groups excluding carboxylic acids is 2. The van der Waals surface area contributed by atoms with Crippen LogP contribution in [0.2, 0.25) is 0 Å². The van der Waals surface area contributed by atoms with E-state index in [1.807, 2.05) is 31.4 Å². The normalized spacial score (nSPS) is 17.5. The summed E-state index contributed by atoms with van der Waals surface area (Å²) in [6.45, 7) is 11.8. The summed E-state index contributed by atoms with van der Waals surface area (Å²) in [6, 6.07) is 12.7. The predicted octanol–water partition coefficient (Wildman–Crippen LogP) is 5.49. The van der Waals surface area contributed by atoms with Crippen LogP contribution in [0.3, 0.4) is 0 Å². The van der Waals surface area contributed by atoms with Crippen LogP contribution in [0.1, 0.15) is 80.7 Å². The Labute approximate surface area is 264 Å². The Morgan fingerprint density at radius 2 is 1.61 bits per heavy atom. The molecule has 2 amide bonds. The van der Waals surface area contributed by atoms with E-state index in [-0.39, 0.29) is 11.8 Å². The predicted molar refractivity (Wildman–Crippen MR) is 180 cm³/mol. The molecule has 2 aliphatic heterocycles. The first kappa shape index (κ1) is 32.2. The number of aryl methyl sites for hydroxylation is 2. The summed E-state index contributed by atoms with van der Waals surface area (Å²) in [7, 11) is 1.87. The molecule has 0 bridgehead atoms. The molecule has 5 rings (SSSR count). The lowest BCUT2D eigenvalue weighted by Gasteiger charge is -2.40. The van der Waals surface area contributed by atoms with Crippen molar-refractivity contribution in [1.82, 2.24) is 25.0 Å². The third-order valence-corrected chi connectivity index (χ3v) is 9.97. The van der Waals surface area contributed by atoms with Gasteiger partial charge in [0.05, 0.1) is 6.54 Å². The zero-order valence-corrected chi connectivity index (χ0v) is 27.5. The molecule has 2 aliphatic rings. The number of hydrogen-bond donors (Lipinski definition) is 2. The maximum absolute atomic E-state index is 14.1. The number of carbonyl (C=O) groups is 2. The van der Waals surface area contributed by atoms with E-state index >= 15 is 0 Å². The van der Waals surface area contributed by atoms with Gasteiger partial charge in [-0.15, -0.1) is 0 Å². The highest BCUT2D eigenvalue weighted by atomic mass is 16.2. The molecule has 7 heteroatoms. The van der Waals surface area contributed by atoms with Crippen LogP contribution >= 0.6 is 0 Å². The van der Waals surface area contributed by atoms with Crippen molar-refractivity contribution in [3.05, 3.63) is 70.4 Å². The SMILES string of the molecule is CCc1cc(CN(C)C(=O)C(Cc2c[nH]c3ccccc23)NC(=O)CN2CCC(N3CCCCC3)CC2)cc(CC)c1CC. The number of fused-ring (bicyclic) bond motifs is 1. The van der Waals surface area contributed by atoms with Crippen LogP contribution in [0.5, 0.6) is 0 Å². The lowest BCUT2D eigenvalue weighted by atomic mass is 9.92. The number of nitrogens with one attached hydrogen (secondary N) is 2. The Morgan fingerprint density at radius 1 is 0.932 bits per heavy atom. The molecule has 7 nitrogen and oxygen atoms in total. The van der Waals surface area contributed by atoms with E-state index in [1.54, 1.807) is 4.90 Å². The van der Waals surface area contributed by atoms with E-state index in [4.69, 9.17) is 0 Å². The van der Waals surface area contributed by atoms with Gasteiger partial charge in [-0.3, -0.25) is 14.5 Å². The molecule has 238 valence electrons. The number of H-pyrrole nitrogens is 1. The molecule has 0 aliphatic carbocycles. The molecule has 2 N–H and O–H groups in total. The van der Waals surface area contributed by atoms with E-state index in [9.17, 15) is 9.59 Å². The van der Waals surface area contributed by atoms with Gasteiger partial charge in [-0.2, -0.15) is 0 Å². The number of nitrogens with zero attached hydrogens (tertiary/aromatic N) is 3. The van der Waals surface area contributed by atoms with Crippen LogP contribution in [-0.2, 0) is 41.8 Å².